The van der Waals surface area contributed by atoms with E-state index in [4.69, 9.17) is 10.3 Å². The normalized spacial score (nSPS) is 10.8. The molecule has 6 heteroatoms. The van der Waals surface area contributed by atoms with Crippen LogP contribution in [0, 0.1) is 12.7 Å². The molecule has 0 saturated carbocycles. The molecule has 0 saturated heterocycles. The predicted octanol–water partition coefficient (Wildman–Crippen LogP) is 3.14. The van der Waals surface area contributed by atoms with Gasteiger partial charge in [0.2, 0.25) is 5.82 Å². The molecule has 21 heavy (non-hydrogen) atoms. The molecule has 2 aromatic carbocycles. The Morgan fingerprint density at radius 3 is 2.71 bits per heavy atom. The standard InChI is InChI=1S/C15H12FN3O2/c1-8-4-9(6-10(16)5-8)14-18-15(21-19-14)12-3-2-11(17)7-13(12)20/h2-7,20H,17H2,1H3. The number of nitrogen functional groups attached to an aromatic ring is 1. The number of aryl methyl sites for hydroxylation is 1. The van der Waals surface area contributed by atoms with Crippen LogP contribution in [0.4, 0.5) is 10.1 Å². The summed E-state index contributed by atoms with van der Waals surface area (Å²) in [5, 5.41) is 13.7. The molecule has 3 N–H and O–H groups in total. The number of phenols is 1. The summed E-state index contributed by atoms with van der Waals surface area (Å²) in [6.45, 7) is 1.78. The van der Waals surface area contributed by atoms with Crippen LogP contribution in [0.5, 0.6) is 5.75 Å². The first-order chi connectivity index (χ1) is 10.0. The van der Waals surface area contributed by atoms with Gasteiger partial charge in [-0.3, -0.25) is 0 Å². The highest BCUT2D eigenvalue weighted by atomic mass is 19.1. The lowest BCUT2D eigenvalue weighted by Gasteiger charge is -2.00. The third-order valence-electron chi connectivity index (χ3n) is 2.98. The molecule has 106 valence electrons. The first-order valence-corrected chi connectivity index (χ1v) is 6.23. The van der Waals surface area contributed by atoms with Gasteiger partial charge < -0.3 is 15.4 Å². The highest BCUT2D eigenvalue weighted by Crippen LogP contribution is 2.31. The van der Waals surface area contributed by atoms with E-state index in [1.165, 1.54) is 18.2 Å². The van der Waals surface area contributed by atoms with Gasteiger partial charge in [-0.05, 0) is 42.8 Å². The molecule has 0 aliphatic rings. The fraction of sp³-hybridized carbons (Fsp3) is 0.0667. The maximum Gasteiger partial charge on any atom is 0.262 e. The summed E-state index contributed by atoms with van der Waals surface area (Å²) in [6, 6.07) is 9.08. The van der Waals surface area contributed by atoms with Gasteiger partial charge in [-0.2, -0.15) is 4.98 Å². The number of nitrogens with two attached hydrogens (primary N) is 1. The van der Waals surface area contributed by atoms with Gasteiger partial charge in [-0.1, -0.05) is 5.16 Å². The van der Waals surface area contributed by atoms with E-state index in [2.05, 4.69) is 10.1 Å². The Bertz CT molecular complexity index is 794. The van der Waals surface area contributed by atoms with Gasteiger partial charge in [-0.15, -0.1) is 0 Å². The van der Waals surface area contributed by atoms with E-state index >= 15 is 0 Å². The molecule has 0 unspecified atom stereocenters. The van der Waals surface area contributed by atoms with Crippen LogP contribution in [0.15, 0.2) is 40.9 Å². The topological polar surface area (TPSA) is 85.2 Å². The van der Waals surface area contributed by atoms with Crippen LogP contribution in [-0.4, -0.2) is 15.2 Å². The van der Waals surface area contributed by atoms with Gasteiger partial charge in [0.05, 0.1) is 5.56 Å². The second-order valence-corrected chi connectivity index (χ2v) is 4.72. The summed E-state index contributed by atoms with van der Waals surface area (Å²) < 4.78 is 18.5. The maximum absolute atomic E-state index is 13.4. The molecule has 0 bridgehead atoms. The summed E-state index contributed by atoms with van der Waals surface area (Å²) in [4.78, 5) is 4.18. The van der Waals surface area contributed by atoms with Gasteiger partial charge in [0.25, 0.3) is 5.89 Å². The summed E-state index contributed by atoms with van der Waals surface area (Å²) in [5.41, 5.74) is 7.63. The Hall–Kier alpha value is -2.89. The number of benzene rings is 2. The van der Waals surface area contributed by atoms with Crippen LogP contribution in [0.2, 0.25) is 0 Å². The molecule has 3 rings (SSSR count). The number of hydrogen-bond donors (Lipinski definition) is 2. The zero-order valence-electron chi connectivity index (χ0n) is 11.2. The molecular formula is C15H12FN3O2. The minimum atomic E-state index is -0.369. The van der Waals surface area contributed by atoms with E-state index in [0.717, 1.165) is 5.56 Å². The lowest BCUT2D eigenvalue weighted by molar-refractivity contribution is 0.426. The first-order valence-electron chi connectivity index (χ1n) is 6.23. The summed E-state index contributed by atoms with van der Waals surface area (Å²) >= 11 is 0. The van der Waals surface area contributed by atoms with Crippen LogP contribution in [0.3, 0.4) is 0 Å². The van der Waals surface area contributed by atoms with Crippen LogP contribution in [-0.2, 0) is 0 Å². The van der Waals surface area contributed by atoms with E-state index in [-0.39, 0.29) is 23.3 Å². The molecule has 0 aliphatic carbocycles. The van der Waals surface area contributed by atoms with E-state index in [0.29, 0.717) is 16.8 Å². The molecule has 0 atom stereocenters. The number of halogens is 1. The zero-order valence-corrected chi connectivity index (χ0v) is 11.2. The Kier molecular flexibility index (Phi) is 3.06. The number of aromatic nitrogens is 2. The average Bonchev–Trinajstić information content (AvgIpc) is 2.87. The number of rotatable bonds is 2. The van der Waals surface area contributed by atoms with Crippen molar-refractivity contribution in [2.45, 2.75) is 6.92 Å². The predicted molar refractivity (Wildman–Crippen MR) is 75.9 cm³/mol. The van der Waals surface area contributed by atoms with Gasteiger partial charge in [0.1, 0.15) is 11.6 Å². The lowest BCUT2D eigenvalue weighted by atomic mass is 10.1. The van der Waals surface area contributed by atoms with Gasteiger partial charge >= 0.3 is 0 Å². The molecule has 0 fully saturated rings. The fourth-order valence-electron chi connectivity index (χ4n) is 2.05. The van der Waals surface area contributed by atoms with Crippen molar-refractivity contribution in [3.63, 3.8) is 0 Å². The quantitative estimate of drug-likeness (QED) is 0.706. The van der Waals surface area contributed by atoms with Crippen LogP contribution >= 0.6 is 0 Å². The fourth-order valence-corrected chi connectivity index (χ4v) is 2.05. The molecule has 0 amide bonds. The van der Waals surface area contributed by atoms with Crippen LogP contribution < -0.4 is 5.73 Å². The number of anilines is 1. The van der Waals surface area contributed by atoms with E-state index in [9.17, 15) is 9.50 Å². The third kappa shape index (κ3) is 2.55. The molecule has 0 radical (unpaired) electrons. The van der Waals surface area contributed by atoms with Crippen molar-refractivity contribution in [1.29, 1.82) is 0 Å². The highest BCUT2D eigenvalue weighted by molar-refractivity contribution is 5.68. The van der Waals surface area contributed by atoms with E-state index in [1.807, 2.05) is 0 Å². The van der Waals surface area contributed by atoms with Crippen molar-refractivity contribution in [3.8, 4) is 28.6 Å². The van der Waals surface area contributed by atoms with Crippen molar-refractivity contribution in [2.24, 2.45) is 0 Å². The van der Waals surface area contributed by atoms with E-state index in [1.54, 1.807) is 25.1 Å². The molecule has 5 nitrogen and oxygen atoms in total. The Morgan fingerprint density at radius 2 is 2.00 bits per heavy atom. The van der Waals surface area contributed by atoms with Crippen LogP contribution in [0.25, 0.3) is 22.8 Å². The van der Waals surface area contributed by atoms with Gasteiger partial charge in [-0.25, -0.2) is 4.39 Å². The molecule has 0 spiro atoms. The van der Waals surface area contributed by atoms with Crippen molar-refractivity contribution in [2.75, 3.05) is 5.73 Å². The minimum absolute atomic E-state index is 0.0550. The van der Waals surface area contributed by atoms with Crippen molar-refractivity contribution in [3.05, 3.63) is 47.8 Å². The largest absolute Gasteiger partial charge is 0.507 e. The second kappa shape index (κ2) is 4.90. The Labute approximate surface area is 119 Å². The first kappa shape index (κ1) is 13.1. The third-order valence-corrected chi connectivity index (χ3v) is 2.98. The molecule has 3 aromatic rings. The van der Waals surface area contributed by atoms with Crippen molar-refractivity contribution < 1.29 is 14.0 Å². The molecule has 1 heterocycles. The lowest BCUT2D eigenvalue weighted by Crippen LogP contribution is -1.87. The Balaban J connectivity index is 2.03. The molecule has 0 aliphatic heterocycles. The monoisotopic (exact) mass is 285 g/mol. The average molecular weight is 285 g/mol. The minimum Gasteiger partial charge on any atom is -0.507 e. The highest BCUT2D eigenvalue weighted by Gasteiger charge is 2.14. The van der Waals surface area contributed by atoms with Crippen molar-refractivity contribution in [1.82, 2.24) is 10.1 Å². The number of phenolic OH excluding ortho intramolecular Hbond substituents is 1. The maximum atomic E-state index is 13.4. The number of hydrogen-bond acceptors (Lipinski definition) is 5. The Morgan fingerprint density at radius 1 is 1.19 bits per heavy atom. The summed E-state index contributed by atoms with van der Waals surface area (Å²) in [7, 11) is 0. The smallest absolute Gasteiger partial charge is 0.262 e. The molecule has 1 aromatic heterocycles. The summed E-state index contributed by atoms with van der Waals surface area (Å²) in [5.74, 6) is -0.0273. The SMILES string of the molecule is Cc1cc(F)cc(-c2noc(-c3ccc(N)cc3O)n2)c1. The summed E-state index contributed by atoms with van der Waals surface area (Å²) in [6.07, 6.45) is 0. The van der Waals surface area contributed by atoms with Gasteiger partial charge in [0.15, 0.2) is 0 Å². The van der Waals surface area contributed by atoms with Crippen LogP contribution in [0.1, 0.15) is 5.56 Å². The van der Waals surface area contributed by atoms with Gasteiger partial charge in [0, 0.05) is 17.3 Å². The van der Waals surface area contributed by atoms with E-state index < -0.39 is 0 Å². The number of nitrogens with zero attached hydrogens (tertiary/aromatic N) is 2. The zero-order chi connectivity index (χ0) is 15.0. The second-order valence-electron chi connectivity index (χ2n) is 4.72. The molecular weight excluding hydrogens is 273 g/mol. The number of aromatic hydroxyl groups is 1. The van der Waals surface area contributed by atoms with Crippen molar-refractivity contribution >= 4 is 5.69 Å².